The van der Waals surface area contributed by atoms with Gasteiger partial charge in [-0.15, -0.1) is 0 Å². The fraction of sp³-hybridized carbons (Fsp3) is 0.467. The Bertz CT molecular complexity index is 460. The maximum atomic E-state index is 12.2. The number of carbonyl (C=O) groups excluding carboxylic acids is 1. The fourth-order valence-corrected chi connectivity index (χ4v) is 1.98. The minimum Gasteiger partial charge on any atom is -0.409 e. The Morgan fingerprint density at radius 3 is 2.62 bits per heavy atom. The first-order chi connectivity index (χ1) is 10.0. The first kappa shape index (κ1) is 17.0. The second kappa shape index (κ2) is 8.97. The highest BCUT2D eigenvalue weighted by molar-refractivity contribution is 6.02. The zero-order valence-electron chi connectivity index (χ0n) is 12.6. The number of nitrogens with zero attached hydrogens (tertiary/aromatic N) is 2. The molecule has 0 spiro atoms. The zero-order valence-corrected chi connectivity index (χ0v) is 12.6. The summed E-state index contributed by atoms with van der Waals surface area (Å²) in [6.45, 7) is 1.47. The molecule has 0 saturated heterocycles. The van der Waals surface area contributed by atoms with Crippen molar-refractivity contribution < 1.29 is 10.0 Å². The number of carbonyl (C=O) groups is 1. The lowest BCUT2D eigenvalue weighted by Crippen LogP contribution is -2.41. The van der Waals surface area contributed by atoms with Gasteiger partial charge in [0.1, 0.15) is 5.92 Å². The first-order valence-corrected chi connectivity index (χ1v) is 6.98. The van der Waals surface area contributed by atoms with Gasteiger partial charge in [-0.2, -0.15) is 0 Å². The highest BCUT2D eigenvalue weighted by Gasteiger charge is 2.23. The van der Waals surface area contributed by atoms with Crippen LogP contribution in [-0.4, -0.2) is 49.0 Å². The van der Waals surface area contributed by atoms with Crippen molar-refractivity contribution in [3.8, 4) is 0 Å². The Balaban J connectivity index is 2.59. The molecule has 1 unspecified atom stereocenters. The molecule has 0 aliphatic rings. The Hall–Kier alpha value is -2.08. The van der Waals surface area contributed by atoms with Gasteiger partial charge in [0, 0.05) is 6.54 Å². The van der Waals surface area contributed by atoms with Gasteiger partial charge in [0.2, 0.25) is 5.91 Å². The molecular weight excluding hydrogens is 268 g/mol. The number of hydrogen-bond acceptors (Lipinski definition) is 4. The second-order valence-electron chi connectivity index (χ2n) is 5.22. The highest BCUT2D eigenvalue weighted by Crippen LogP contribution is 2.09. The fourth-order valence-electron chi connectivity index (χ4n) is 1.98. The Labute approximate surface area is 125 Å². The van der Waals surface area contributed by atoms with Crippen molar-refractivity contribution in [1.29, 1.82) is 0 Å². The van der Waals surface area contributed by atoms with Crippen LogP contribution in [0.15, 0.2) is 35.5 Å². The van der Waals surface area contributed by atoms with Crippen LogP contribution < -0.4 is 11.1 Å². The summed E-state index contributed by atoms with van der Waals surface area (Å²) in [4.78, 5) is 14.2. The van der Waals surface area contributed by atoms with E-state index >= 15 is 0 Å². The number of benzene rings is 1. The van der Waals surface area contributed by atoms with Crippen LogP contribution >= 0.6 is 0 Å². The molecule has 0 radical (unpaired) electrons. The van der Waals surface area contributed by atoms with E-state index < -0.39 is 5.92 Å². The van der Waals surface area contributed by atoms with Crippen molar-refractivity contribution in [2.75, 3.05) is 27.2 Å². The molecule has 4 N–H and O–H groups in total. The highest BCUT2D eigenvalue weighted by atomic mass is 16.4. The summed E-state index contributed by atoms with van der Waals surface area (Å²) < 4.78 is 0. The van der Waals surface area contributed by atoms with E-state index in [0.717, 1.165) is 18.5 Å². The van der Waals surface area contributed by atoms with Gasteiger partial charge in [0.05, 0.1) is 0 Å². The molecule has 0 saturated carbocycles. The predicted octanol–water partition coefficient (Wildman–Crippen LogP) is 0.660. The molecule has 6 nitrogen and oxygen atoms in total. The van der Waals surface area contributed by atoms with Crippen LogP contribution in [0.3, 0.4) is 0 Å². The van der Waals surface area contributed by atoms with E-state index in [1.165, 1.54) is 0 Å². The molecular formula is C15H24N4O2. The normalized spacial score (nSPS) is 13.2. The van der Waals surface area contributed by atoms with Crippen LogP contribution in [0.25, 0.3) is 0 Å². The SMILES string of the molecule is CN(C)CCCNC(=O)C(Cc1ccccc1)C(N)=NO. The lowest BCUT2D eigenvalue weighted by Gasteiger charge is -2.16. The molecule has 1 atom stereocenters. The second-order valence-corrected chi connectivity index (χ2v) is 5.22. The zero-order chi connectivity index (χ0) is 15.7. The summed E-state index contributed by atoms with van der Waals surface area (Å²) in [5, 5.41) is 14.7. The van der Waals surface area contributed by atoms with E-state index in [4.69, 9.17) is 10.9 Å². The molecule has 21 heavy (non-hydrogen) atoms. The van der Waals surface area contributed by atoms with E-state index in [1.54, 1.807) is 0 Å². The van der Waals surface area contributed by atoms with Gasteiger partial charge in [-0.25, -0.2) is 0 Å². The predicted molar refractivity (Wildman–Crippen MR) is 83.2 cm³/mol. The topological polar surface area (TPSA) is 91.0 Å². The Kier molecular flexibility index (Phi) is 7.25. The minimum atomic E-state index is -0.656. The third-order valence-corrected chi connectivity index (χ3v) is 3.15. The maximum Gasteiger partial charge on any atom is 0.231 e. The lowest BCUT2D eigenvalue weighted by atomic mass is 9.97. The largest absolute Gasteiger partial charge is 0.409 e. The van der Waals surface area contributed by atoms with Gasteiger partial charge < -0.3 is 21.2 Å². The number of oxime groups is 1. The molecule has 1 amide bonds. The van der Waals surface area contributed by atoms with E-state index in [-0.39, 0.29) is 11.7 Å². The van der Waals surface area contributed by atoms with Gasteiger partial charge in [-0.05, 0) is 39.0 Å². The monoisotopic (exact) mass is 292 g/mol. The van der Waals surface area contributed by atoms with Crippen LogP contribution in [0, 0.1) is 5.92 Å². The summed E-state index contributed by atoms with van der Waals surface area (Å²) in [5.41, 5.74) is 6.62. The van der Waals surface area contributed by atoms with Crippen LogP contribution in [0.1, 0.15) is 12.0 Å². The quantitative estimate of drug-likeness (QED) is 0.216. The van der Waals surface area contributed by atoms with E-state index in [1.807, 2.05) is 44.4 Å². The average molecular weight is 292 g/mol. The third-order valence-electron chi connectivity index (χ3n) is 3.15. The molecule has 0 heterocycles. The molecule has 1 rings (SSSR count). The first-order valence-electron chi connectivity index (χ1n) is 6.98. The van der Waals surface area contributed by atoms with Gasteiger partial charge in [0.15, 0.2) is 5.84 Å². The average Bonchev–Trinajstić information content (AvgIpc) is 2.49. The van der Waals surface area contributed by atoms with E-state index in [0.29, 0.717) is 13.0 Å². The smallest absolute Gasteiger partial charge is 0.231 e. The summed E-state index contributed by atoms with van der Waals surface area (Å²) >= 11 is 0. The van der Waals surface area contributed by atoms with Crippen molar-refractivity contribution >= 4 is 11.7 Å². The molecule has 0 aliphatic heterocycles. The van der Waals surface area contributed by atoms with Crippen molar-refractivity contribution in [3.05, 3.63) is 35.9 Å². The molecule has 1 aromatic carbocycles. The number of nitrogens with two attached hydrogens (primary N) is 1. The molecule has 116 valence electrons. The number of nitrogens with one attached hydrogen (secondary N) is 1. The van der Waals surface area contributed by atoms with Crippen molar-refractivity contribution in [3.63, 3.8) is 0 Å². The van der Waals surface area contributed by atoms with Crippen molar-refractivity contribution in [1.82, 2.24) is 10.2 Å². The Morgan fingerprint density at radius 2 is 2.05 bits per heavy atom. The van der Waals surface area contributed by atoms with Crippen molar-refractivity contribution in [2.24, 2.45) is 16.8 Å². The maximum absolute atomic E-state index is 12.2. The van der Waals surface area contributed by atoms with E-state index in [2.05, 4.69) is 15.4 Å². The van der Waals surface area contributed by atoms with Crippen LogP contribution in [0.5, 0.6) is 0 Å². The van der Waals surface area contributed by atoms with Crippen LogP contribution in [0.4, 0.5) is 0 Å². The number of amides is 1. The Morgan fingerprint density at radius 1 is 1.38 bits per heavy atom. The van der Waals surface area contributed by atoms with Gasteiger partial charge in [-0.3, -0.25) is 4.79 Å². The van der Waals surface area contributed by atoms with Gasteiger partial charge in [0.25, 0.3) is 0 Å². The molecule has 0 fully saturated rings. The van der Waals surface area contributed by atoms with Gasteiger partial charge >= 0.3 is 0 Å². The third kappa shape index (κ3) is 6.27. The molecule has 0 bridgehead atoms. The number of amidine groups is 1. The van der Waals surface area contributed by atoms with Crippen LogP contribution in [-0.2, 0) is 11.2 Å². The molecule has 6 heteroatoms. The van der Waals surface area contributed by atoms with Gasteiger partial charge in [-0.1, -0.05) is 35.5 Å². The summed E-state index contributed by atoms with van der Waals surface area (Å²) in [6.07, 6.45) is 1.27. The number of rotatable bonds is 8. The standard InChI is InChI=1S/C15H24N4O2/c1-19(2)10-6-9-17-15(20)13(14(16)18-21)11-12-7-4-3-5-8-12/h3-5,7-8,13,21H,6,9-11H2,1-2H3,(H2,16,18)(H,17,20). The van der Waals surface area contributed by atoms with Crippen molar-refractivity contribution in [2.45, 2.75) is 12.8 Å². The van der Waals surface area contributed by atoms with E-state index in [9.17, 15) is 4.79 Å². The van der Waals surface area contributed by atoms with Crippen LogP contribution in [0.2, 0.25) is 0 Å². The molecule has 0 aromatic heterocycles. The lowest BCUT2D eigenvalue weighted by molar-refractivity contribution is -0.123. The summed E-state index contributed by atoms with van der Waals surface area (Å²) in [7, 11) is 3.97. The summed E-state index contributed by atoms with van der Waals surface area (Å²) in [5.74, 6) is -0.936. The molecule has 0 aliphatic carbocycles. The minimum absolute atomic E-state index is 0.0658. The number of hydrogen-bond donors (Lipinski definition) is 3. The summed E-state index contributed by atoms with van der Waals surface area (Å²) in [6, 6.07) is 9.53. The molecule has 1 aromatic rings.